The number of hydrogen-bond acceptors (Lipinski definition) is 3. The van der Waals surface area contributed by atoms with Crippen molar-refractivity contribution < 1.29 is 32.6 Å². The lowest BCUT2D eigenvalue weighted by Crippen LogP contribution is -2.53. The second-order valence-corrected chi connectivity index (χ2v) is 6.54. The maximum Gasteiger partial charge on any atom is 0.412 e. The lowest BCUT2D eigenvalue weighted by Gasteiger charge is -2.26. The van der Waals surface area contributed by atoms with Crippen LogP contribution in [0.3, 0.4) is 0 Å². The van der Waals surface area contributed by atoms with Gasteiger partial charge in [0.05, 0.1) is 6.61 Å². The first kappa shape index (κ1) is 25.8. The summed E-state index contributed by atoms with van der Waals surface area (Å²) in [6.07, 6.45) is 1.89. The minimum atomic E-state index is -4.52. The zero-order valence-corrected chi connectivity index (χ0v) is 16.4. The monoisotopic (exact) mass is 405 g/mol. The summed E-state index contributed by atoms with van der Waals surface area (Å²) >= 11 is 0. The van der Waals surface area contributed by atoms with Crippen LogP contribution in [-0.2, 0) is 4.79 Å². The van der Waals surface area contributed by atoms with Gasteiger partial charge in [0.1, 0.15) is 11.4 Å². The molecule has 4 nitrogen and oxygen atoms in total. The largest absolute Gasteiger partial charge is 0.480 e. The summed E-state index contributed by atoms with van der Waals surface area (Å²) in [5.41, 5.74) is -2.03. The fourth-order valence-electron chi connectivity index (χ4n) is 2.11. The number of aliphatic carboxylic acids is 1. The lowest BCUT2D eigenvalue weighted by atomic mass is 9.90. The van der Waals surface area contributed by atoms with Crippen LogP contribution in [-0.4, -0.2) is 41.0 Å². The molecule has 0 aliphatic heterocycles. The van der Waals surface area contributed by atoms with Crippen LogP contribution in [0.1, 0.15) is 27.7 Å². The first-order valence-electron chi connectivity index (χ1n) is 8.49. The molecule has 0 radical (unpaired) electrons. The summed E-state index contributed by atoms with van der Waals surface area (Å²) in [7, 11) is 0. The highest BCUT2D eigenvalue weighted by molar-refractivity contribution is 5.78. The summed E-state index contributed by atoms with van der Waals surface area (Å²) in [4.78, 5) is 11.3. The van der Waals surface area contributed by atoms with Gasteiger partial charge in [-0.25, -0.2) is 4.39 Å². The molecule has 0 aromatic carbocycles. The Kier molecular flexibility index (Phi) is 10.1. The highest BCUT2D eigenvalue weighted by Gasteiger charge is 2.33. The summed E-state index contributed by atoms with van der Waals surface area (Å²) in [6, 6.07) is 0. The molecule has 0 fully saturated rings. The number of rotatable bonds is 10. The van der Waals surface area contributed by atoms with E-state index in [0.29, 0.717) is 5.57 Å². The number of carboxylic acids is 1. The Morgan fingerprint density at radius 1 is 1.25 bits per heavy atom. The number of aliphatic hydroxyl groups is 1. The average Bonchev–Trinajstić information content (AvgIpc) is 2.59. The number of hydrogen-bond donors (Lipinski definition) is 3. The minimum Gasteiger partial charge on any atom is -0.480 e. The van der Waals surface area contributed by atoms with Gasteiger partial charge in [0, 0.05) is 18.0 Å². The number of halogens is 4. The van der Waals surface area contributed by atoms with Gasteiger partial charge >= 0.3 is 12.1 Å². The van der Waals surface area contributed by atoms with Crippen molar-refractivity contribution in [1.29, 1.82) is 0 Å². The Morgan fingerprint density at radius 3 is 2.21 bits per heavy atom. The third-order valence-electron chi connectivity index (χ3n) is 4.30. The van der Waals surface area contributed by atoms with Crippen LogP contribution in [0.25, 0.3) is 0 Å². The average molecular weight is 405 g/mol. The van der Waals surface area contributed by atoms with E-state index in [4.69, 9.17) is 0 Å². The molecule has 0 aromatic rings. The van der Waals surface area contributed by atoms with Gasteiger partial charge in [-0.1, -0.05) is 43.9 Å². The van der Waals surface area contributed by atoms with E-state index in [9.17, 15) is 32.6 Å². The Hall–Kier alpha value is -2.19. The van der Waals surface area contributed by atoms with Crippen molar-refractivity contribution in [2.45, 2.75) is 39.4 Å². The molecule has 0 amide bonds. The Morgan fingerprint density at radius 2 is 1.82 bits per heavy atom. The molecule has 0 saturated carbocycles. The number of carbonyl (C=O) groups is 1. The molecule has 0 aliphatic rings. The van der Waals surface area contributed by atoms with Crippen molar-refractivity contribution in [3.8, 4) is 0 Å². The third kappa shape index (κ3) is 7.82. The molecule has 3 N–H and O–H groups in total. The van der Waals surface area contributed by atoms with Gasteiger partial charge < -0.3 is 10.2 Å². The summed E-state index contributed by atoms with van der Waals surface area (Å²) in [5.74, 6) is -2.52. The second-order valence-electron chi connectivity index (χ2n) is 6.54. The maximum absolute atomic E-state index is 14.0. The van der Waals surface area contributed by atoms with E-state index < -0.39 is 41.6 Å². The maximum atomic E-state index is 14.0. The van der Waals surface area contributed by atoms with Gasteiger partial charge in [-0.2, -0.15) is 13.2 Å². The van der Waals surface area contributed by atoms with E-state index in [-0.39, 0.29) is 12.1 Å². The highest BCUT2D eigenvalue weighted by atomic mass is 19.4. The number of carboxylic acid groups (broad SMARTS) is 1. The fraction of sp³-hybridized carbons (Fsp3) is 0.450. The first-order chi connectivity index (χ1) is 12.8. The fourth-order valence-corrected chi connectivity index (χ4v) is 2.11. The molecule has 2 unspecified atom stereocenters. The molecule has 2 atom stereocenters. The van der Waals surface area contributed by atoms with Crippen LogP contribution >= 0.6 is 0 Å². The van der Waals surface area contributed by atoms with Gasteiger partial charge in [-0.05, 0) is 31.9 Å². The van der Waals surface area contributed by atoms with Crippen molar-refractivity contribution >= 4 is 5.97 Å². The Bertz CT molecular complexity index is 686. The normalized spacial score (nSPS) is 17.9. The SMILES string of the molecule is C=C/C=C\C(=C(\C)F)C(C)/C(=C\C=C(/C)C(F)(F)F)CNC(C)(CO)C(=O)O. The van der Waals surface area contributed by atoms with E-state index in [1.54, 1.807) is 6.92 Å². The molecule has 0 bridgehead atoms. The van der Waals surface area contributed by atoms with Crippen LogP contribution in [0.15, 0.2) is 59.5 Å². The van der Waals surface area contributed by atoms with Crippen LogP contribution in [0.2, 0.25) is 0 Å². The number of nitrogens with one attached hydrogen (secondary N) is 1. The molecular formula is C20H27F4NO3. The summed E-state index contributed by atoms with van der Waals surface area (Å²) in [5, 5.41) is 21.2. The Balaban J connectivity index is 6.05. The number of alkyl halides is 3. The number of aliphatic hydroxyl groups excluding tert-OH is 1. The van der Waals surface area contributed by atoms with E-state index in [1.165, 1.54) is 38.2 Å². The van der Waals surface area contributed by atoms with Crippen molar-refractivity contribution in [1.82, 2.24) is 5.32 Å². The van der Waals surface area contributed by atoms with Crippen molar-refractivity contribution in [3.63, 3.8) is 0 Å². The molecule has 0 aromatic heterocycles. The molecule has 0 spiro atoms. The topological polar surface area (TPSA) is 69.6 Å². The predicted molar refractivity (Wildman–Crippen MR) is 101 cm³/mol. The van der Waals surface area contributed by atoms with Gasteiger partial charge in [-0.15, -0.1) is 0 Å². The summed E-state index contributed by atoms with van der Waals surface area (Å²) < 4.78 is 52.3. The first-order valence-corrected chi connectivity index (χ1v) is 8.49. The van der Waals surface area contributed by atoms with Crippen LogP contribution in [0, 0.1) is 5.92 Å². The smallest absolute Gasteiger partial charge is 0.412 e. The molecule has 0 rings (SSSR count). The predicted octanol–water partition coefficient (Wildman–Crippen LogP) is 4.47. The van der Waals surface area contributed by atoms with Crippen LogP contribution in [0.5, 0.6) is 0 Å². The summed E-state index contributed by atoms with van der Waals surface area (Å²) in [6.45, 7) is 7.53. The van der Waals surface area contributed by atoms with Gasteiger partial charge in [0.15, 0.2) is 0 Å². The highest BCUT2D eigenvalue weighted by Crippen LogP contribution is 2.28. The van der Waals surface area contributed by atoms with Crippen molar-refractivity contribution in [3.05, 3.63) is 59.5 Å². The van der Waals surface area contributed by atoms with Crippen LogP contribution < -0.4 is 5.32 Å². The molecule has 0 saturated heterocycles. The molecule has 0 aliphatic carbocycles. The van der Waals surface area contributed by atoms with E-state index >= 15 is 0 Å². The molecule has 8 heteroatoms. The van der Waals surface area contributed by atoms with Gasteiger partial charge in [0.2, 0.25) is 0 Å². The van der Waals surface area contributed by atoms with E-state index in [2.05, 4.69) is 11.9 Å². The van der Waals surface area contributed by atoms with E-state index in [1.807, 2.05) is 0 Å². The number of allylic oxidation sites excluding steroid dienone is 8. The molecule has 28 heavy (non-hydrogen) atoms. The standard InChI is InChI=1S/C20H27F4NO3/c1-6-7-8-17(15(4)21)14(3)16(10-9-13(2)20(22,23)24)11-25-19(5,12-26)18(27)28/h6-10,14,25-26H,1,11-12H2,2-5H3,(H,27,28)/b8-7-,13-9+,16-10-,17-15+. The minimum absolute atomic E-state index is 0.176. The Labute approximate surface area is 162 Å². The zero-order valence-electron chi connectivity index (χ0n) is 16.4. The molecular weight excluding hydrogens is 378 g/mol. The molecule has 0 heterocycles. The van der Waals surface area contributed by atoms with Crippen LogP contribution in [0.4, 0.5) is 17.6 Å². The van der Waals surface area contributed by atoms with Crippen molar-refractivity contribution in [2.24, 2.45) is 5.92 Å². The van der Waals surface area contributed by atoms with Gasteiger partial charge in [0.25, 0.3) is 0 Å². The molecule has 158 valence electrons. The lowest BCUT2D eigenvalue weighted by molar-refractivity contribution is -0.145. The third-order valence-corrected chi connectivity index (χ3v) is 4.30. The second kappa shape index (κ2) is 11.0. The van der Waals surface area contributed by atoms with E-state index in [0.717, 1.165) is 13.0 Å². The zero-order chi connectivity index (χ0) is 22.1. The quantitative estimate of drug-likeness (QED) is 0.371. The van der Waals surface area contributed by atoms with Gasteiger partial charge in [-0.3, -0.25) is 10.1 Å². The van der Waals surface area contributed by atoms with Crippen molar-refractivity contribution in [2.75, 3.05) is 13.2 Å².